The lowest BCUT2D eigenvalue weighted by Gasteiger charge is -2.36. The molecular weight excluding hydrogens is 815 g/mol. The van der Waals surface area contributed by atoms with Crippen LogP contribution in [0.2, 0.25) is 0 Å². The minimum Gasteiger partial charge on any atom is -0.507 e. The third-order valence-electron chi connectivity index (χ3n) is 11.3. The molecule has 3 saturated carbocycles. The van der Waals surface area contributed by atoms with Gasteiger partial charge in [0.1, 0.15) is 31.5 Å². The first kappa shape index (κ1) is 54.8. The van der Waals surface area contributed by atoms with E-state index < -0.39 is 24.3 Å². The van der Waals surface area contributed by atoms with Crippen LogP contribution in [0.5, 0.6) is 5.75 Å². The molecule has 2 heterocycles. The van der Waals surface area contributed by atoms with E-state index in [2.05, 4.69) is 26.3 Å². The Hall–Kier alpha value is -4.33. The van der Waals surface area contributed by atoms with Gasteiger partial charge in [-0.25, -0.2) is 9.48 Å². The lowest BCUT2D eigenvalue weighted by molar-refractivity contribution is -0.163. The Labute approximate surface area is 372 Å². The highest BCUT2D eigenvalue weighted by Gasteiger charge is 2.36. The summed E-state index contributed by atoms with van der Waals surface area (Å²) in [7, 11) is 3.40. The van der Waals surface area contributed by atoms with Crippen molar-refractivity contribution in [2.45, 2.75) is 172 Å². The molecule has 1 aromatic carbocycles. The van der Waals surface area contributed by atoms with Gasteiger partial charge in [-0.1, -0.05) is 56.6 Å². The van der Waals surface area contributed by atoms with Crippen molar-refractivity contribution in [2.24, 2.45) is 5.73 Å². The number of phenols is 1. The van der Waals surface area contributed by atoms with E-state index in [4.69, 9.17) is 20.3 Å². The first-order valence-electron chi connectivity index (χ1n) is 22.5. The summed E-state index contributed by atoms with van der Waals surface area (Å²) in [6, 6.07) is 2.96. The van der Waals surface area contributed by atoms with E-state index in [-0.39, 0.29) is 55.8 Å². The molecule has 356 valence electrons. The number of carboxylic acids is 1. The van der Waals surface area contributed by atoms with E-state index in [0.717, 1.165) is 67.9 Å². The van der Waals surface area contributed by atoms with Crippen LogP contribution in [0.25, 0.3) is 0 Å². The zero-order valence-corrected chi connectivity index (χ0v) is 37.8. The average molecular weight is 890 g/mol. The van der Waals surface area contributed by atoms with E-state index in [1.165, 1.54) is 51.4 Å². The first-order valence-corrected chi connectivity index (χ1v) is 22.5. The van der Waals surface area contributed by atoms with E-state index in [1.807, 2.05) is 6.20 Å². The number of nitrogens with one attached hydrogen (secondary N) is 3. The monoisotopic (exact) mass is 890 g/mol. The molecule has 0 radical (unpaired) electrons. The number of phenolic OH excluding ortho intramolecular Hbond substituents is 1. The van der Waals surface area contributed by atoms with Crippen molar-refractivity contribution in [3.05, 3.63) is 40.7 Å². The molecule has 18 heteroatoms. The van der Waals surface area contributed by atoms with Crippen LogP contribution in [0.15, 0.2) is 18.3 Å². The minimum absolute atomic E-state index is 0.0359. The second-order valence-corrected chi connectivity index (χ2v) is 16.7. The number of benzene rings is 1. The molecule has 4 aliphatic rings. The zero-order valence-electron chi connectivity index (χ0n) is 37.8. The topological polar surface area (TPSA) is 278 Å². The molecule has 6 rings (SSSR count). The van der Waals surface area contributed by atoms with Crippen LogP contribution in [-0.2, 0) is 35.2 Å². The molecule has 1 saturated heterocycles. The number of nitrogens with two attached hydrogens (primary N) is 1. The van der Waals surface area contributed by atoms with Crippen molar-refractivity contribution in [3.8, 4) is 5.75 Å². The van der Waals surface area contributed by atoms with Gasteiger partial charge in [-0.3, -0.25) is 14.4 Å². The number of hydrogen-bond acceptors (Lipinski definition) is 14. The highest BCUT2D eigenvalue weighted by Crippen LogP contribution is 2.31. The van der Waals surface area contributed by atoms with Crippen LogP contribution in [0, 0.1) is 13.8 Å². The number of ether oxygens (including phenoxy) is 2. The van der Waals surface area contributed by atoms with E-state index in [1.54, 1.807) is 44.8 Å². The van der Waals surface area contributed by atoms with Crippen LogP contribution in [0.3, 0.4) is 0 Å². The highest BCUT2D eigenvalue weighted by atomic mass is 16.5. The number of likely N-dealkylation sites (N-methyl/N-ethyl adjacent to an activating group) is 2. The van der Waals surface area contributed by atoms with Crippen molar-refractivity contribution in [2.75, 3.05) is 33.8 Å². The Morgan fingerprint density at radius 1 is 0.921 bits per heavy atom. The van der Waals surface area contributed by atoms with Gasteiger partial charge in [0.15, 0.2) is 6.10 Å². The Morgan fingerprint density at radius 3 is 2.02 bits per heavy atom. The predicted molar refractivity (Wildman–Crippen MR) is 237 cm³/mol. The van der Waals surface area contributed by atoms with Crippen LogP contribution in [-0.4, -0.2) is 136 Å². The quantitative estimate of drug-likeness (QED) is 0.119. The molecule has 2 amide bonds. The second kappa shape index (κ2) is 31.5. The number of aliphatic hydroxyl groups excluding tert-OH is 2. The molecule has 4 atom stereocenters. The largest absolute Gasteiger partial charge is 0.507 e. The van der Waals surface area contributed by atoms with Gasteiger partial charge in [0.05, 0.1) is 42.7 Å². The van der Waals surface area contributed by atoms with E-state index in [9.17, 15) is 39.3 Å². The number of amides is 2. The van der Waals surface area contributed by atoms with Gasteiger partial charge in [-0.2, -0.15) is 0 Å². The number of hydrogen-bond donors (Lipinski definition) is 8. The Bertz CT molecular complexity index is 1600. The summed E-state index contributed by atoms with van der Waals surface area (Å²) >= 11 is 0. The van der Waals surface area contributed by atoms with Gasteiger partial charge >= 0.3 is 5.97 Å². The number of aromatic nitrogens is 3. The maximum atomic E-state index is 12.6. The van der Waals surface area contributed by atoms with Crippen molar-refractivity contribution >= 4 is 30.4 Å². The third-order valence-corrected chi connectivity index (χ3v) is 11.3. The standard InChI is InChI=1S/C20H33N5O5.C9H10O2.C7H12O2.C6H12O.C3H8N2O/c1-21-10-14(26)9-18-15(7-8-17(30-18)20(28)29)22-19(27)12-25-11-16(23-24-25)13-5-3-2-4-6-13;1-6-3-8(5-10)4-7(2)9(6)11;8-5-6-9-7-3-1-2-4-7;7-6-4-2-1-3-5-6;1-5-2-3(4)6/h11,13-15,17-18,21,26H,2-10,12H2,1H3,(H,22,27)(H,28,29);3-5,11H,1-2H3;5,7H,1-4,6H2;6-7H,1-5H2;5H,2H2,1H3,(H2,4,6). The maximum Gasteiger partial charge on any atom is 0.332 e. The van der Waals surface area contributed by atoms with E-state index >= 15 is 0 Å². The number of aldehydes is 2. The molecule has 0 bridgehead atoms. The van der Waals surface area contributed by atoms with Crippen LogP contribution in [0.4, 0.5) is 0 Å². The van der Waals surface area contributed by atoms with Crippen molar-refractivity contribution < 1.29 is 53.9 Å². The summed E-state index contributed by atoms with van der Waals surface area (Å²) in [5, 5.41) is 54.4. The molecule has 2 aromatic rings. The number of aryl methyl sites for hydroxylation is 2. The maximum absolute atomic E-state index is 12.6. The highest BCUT2D eigenvalue weighted by molar-refractivity contribution is 5.77. The van der Waals surface area contributed by atoms with Crippen molar-refractivity contribution in [1.82, 2.24) is 30.9 Å². The lowest BCUT2D eigenvalue weighted by Crippen LogP contribution is -2.52. The molecule has 3 aliphatic carbocycles. The Morgan fingerprint density at radius 2 is 1.52 bits per heavy atom. The van der Waals surface area contributed by atoms with Crippen LogP contribution < -0.4 is 21.7 Å². The summed E-state index contributed by atoms with van der Waals surface area (Å²) in [4.78, 5) is 53.8. The molecule has 18 nitrogen and oxygen atoms in total. The number of aliphatic carboxylic acids is 1. The minimum atomic E-state index is -1.02. The molecular formula is C45H75N7O11. The van der Waals surface area contributed by atoms with Gasteiger partial charge in [0, 0.05) is 30.6 Å². The first-order chi connectivity index (χ1) is 30.2. The molecule has 63 heavy (non-hydrogen) atoms. The number of carbonyl (C=O) groups excluding carboxylic acids is 4. The summed E-state index contributed by atoms with van der Waals surface area (Å²) in [5.74, 6) is -0.877. The number of rotatable bonds is 15. The molecule has 0 spiro atoms. The van der Waals surface area contributed by atoms with Gasteiger partial charge < -0.3 is 56.4 Å². The number of primary amides is 1. The molecule has 4 fully saturated rings. The Balaban J connectivity index is 0.000000333. The molecule has 1 aromatic heterocycles. The number of aliphatic hydroxyl groups is 2. The molecule has 4 unspecified atom stereocenters. The fraction of sp³-hybridized carbons (Fsp3) is 0.711. The number of carbonyl (C=O) groups is 5. The number of nitrogens with zero attached hydrogens (tertiary/aromatic N) is 3. The normalized spacial score (nSPS) is 20.7. The predicted octanol–water partition coefficient (Wildman–Crippen LogP) is 3.38. The average Bonchev–Trinajstić information content (AvgIpc) is 3.97. The fourth-order valence-electron chi connectivity index (χ4n) is 7.96. The Kier molecular flexibility index (Phi) is 27.4. The van der Waals surface area contributed by atoms with Crippen molar-refractivity contribution in [1.29, 1.82) is 0 Å². The van der Waals surface area contributed by atoms with E-state index in [0.29, 0.717) is 37.0 Å². The summed E-state index contributed by atoms with van der Waals surface area (Å²) in [5.41, 5.74) is 7.74. The lowest BCUT2D eigenvalue weighted by atomic mass is 9.87. The van der Waals surface area contributed by atoms with Crippen LogP contribution in [0.1, 0.15) is 142 Å². The summed E-state index contributed by atoms with van der Waals surface area (Å²) < 4.78 is 12.4. The SMILES string of the molecule is CNCC(N)=O.CNCC(O)CC1OC(C(=O)O)CCC1NC(=O)Cn1cc(C2CCCCC2)nn1.Cc1cc(C=O)cc(C)c1O.O=CCOC1CCCC1.OC1CCCCC1. The summed E-state index contributed by atoms with van der Waals surface area (Å²) in [6.45, 7) is 4.50. The number of aromatic hydroxyl groups is 1. The summed E-state index contributed by atoms with van der Waals surface area (Å²) in [6.07, 6.45) is 19.3. The van der Waals surface area contributed by atoms with Gasteiger partial charge in [0.25, 0.3) is 0 Å². The molecule has 9 N–H and O–H groups in total. The third kappa shape index (κ3) is 22.7. The smallest absolute Gasteiger partial charge is 0.332 e. The number of carboxylic acid groups (broad SMARTS) is 1. The fourth-order valence-corrected chi connectivity index (χ4v) is 7.96. The van der Waals surface area contributed by atoms with Crippen LogP contribution >= 0.6 is 0 Å². The van der Waals surface area contributed by atoms with Gasteiger partial charge in [-0.05, 0) is 103 Å². The van der Waals surface area contributed by atoms with Crippen molar-refractivity contribution in [3.63, 3.8) is 0 Å². The zero-order chi connectivity index (χ0) is 46.6. The van der Waals surface area contributed by atoms with Gasteiger partial charge in [-0.15, -0.1) is 5.10 Å². The molecule has 1 aliphatic heterocycles. The van der Waals surface area contributed by atoms with Gasteiger partial charge in [0.2, 0.25) is 11.8 Å². The second-order valence-electron chi connectivity index (χ2n) is 16.7.